The van der Waals surface area contributed by atoms with Gasteiger partial charge in [-0.3, -0.25) is 14.8 Å². The first-order chi connectivity index (χ1) is 9.52. The third-order valence-electron chi connectivity index (χ3n) is 2.73. The summed E-state index contributed by atoms with van der Waals surface area (Å²) in [6.45, 7) is 3.02. The van der Waals surface area contributed by atoms with Crippen LogP contribution in [0.2, 0.25) is 0 Å². The molecule has 0 spiro atoms. The van der Waals surface area contributed by atoms with Crippen molar-refractivity contribution in [3.05, 3.63) is 40.2 Å². The summed E-state index contributed by atoms with van der Waals surface area (Å²) < 4.78 is 3.14. The first-order valence-corrected chi connectivity index (χ1v) is 5.97. The van der Waals surface area contributed by atoms with E-state index < -0.39 is 22.3 Å². The van der Waals surface area contributed by atoms with Crippen LogP contribution in [0, 0.1) is 10.1 Å². The highest BCUT2D eigenvalue weighted by molar-refractivity contribution is 5.89. The van der Waals surface area contributed by atoms with Crippen LogP contribution in [0.5, 0.6) is 0 Å². The zero-order chi connectivity index (χ0) is 14.7. The van der Waals surface area contributed by atoms with Gasteiger partial charge in [-0.2, -0.15) is 5.10 Å². The van der Waals surface area contributed by atoms with Crippen LogP contribution in [0.15, 0.2) is 18.7 Å². The fraction of sp³-hybridized carbons (Fsp3) is 0.364. The van der Waals surface area contributed by atoms with Gasteiger partial charge < -0.3 is 9.67 Å². The molecule has 0 unspecified atom stereocenters. The molecule has 0 bridgehead atoms. The first-order valence-electron chi connectivity index (χ1n) is 5.97. The Kier molecular flexibility index (Phi) is 3.78. The third-order valence-corrected chi connectivity index (χ3v) is 2.73. The summed E-state index contributed by atoms with van der Waals surface area (Å²) in [4.78, 5) is 25.0. The lowest BCUT2D eigenvalue weighted by molar-refractivity contribution is -0.385. The van der Waals surface area contributed by atoms with Crippen LogP contribution in [0.25, 0.3) is 0 Å². The molecule has 0 saturated carbocycles. The molecule has 106 valence electrons. The van der Waals surface area contributed by atoms with Crippen LogP contribution in [-0.2, 0) is 13.1 Å². The number of nitro groups is 1. The van der Waals surface area contributed by atoms with E-state index in [1.54, 1.807) is 12.5 Å². The molecule has 9 nitrogen and oxygen atoms in total. The van der Waals surface area contributed by atoms with Crippen LogP contribution < -0.4 is 0 Å². The van der Waals surface area contributed by atoms with Gasteiger partial charge in [0.15, 0.2) is 0 Å². The predicted octanol–water partition coefficient (Wildman–Crippen LogP) is 1.14. The largest absolute Gasteiger partial charge is 0.476 e. The summed E-state index contributed by atoms with van der Waals surface area (Å²) >= 11 is 0. The molecule has 0 atom stereocenters. The average molecular weight is 279 g/mol. The summed E-state index contributed by atoms with van der Waals surface area (Å²) in [6.07, 6.45) is 5.33. The van der Waals surface area contributed by atoms with Crippen molar-refractivity contribution in [1.29, 1.82) is 0 Å². The maximum atomic E-state index is 10.9. The summed E-state index contributed by atoms with van der Waals surface area (Å²) in [6, 6.07) is 0. The Morgan fingerprint density at radius 1 is 1.55 bits per heavy atom. The molecule has 0 radical (unpaired) electrons. The zero-order valence-corrected chi connectivity index (χ0v) is 10.8. The third kappa shape index (κ3) is 2.66. The van der Waals surface area contributed by atoms with Gasteiger partial charge in [0.2, 0.25) is 5.69 Å². The molecular weight excluding hydrogens is 266 g/mol. The average Bonchev–Trinajstić information content (AvgIpc) is 2.98. The maximum absolute atomic E-state index is 10.9. The second-order valence-electron chi connectivity index (χ2n) is 4.20. The molecule has 0 aliphatic heterocycles. The van der Waals surface area contributed by atoms with Gasteiger partial charge in [0.25, 0.3) is 0 Å². The monoisotopic (exact) mass is 279 g/mol. The van der Waals surface area contributed by atoms with Gasteiger partial charge >= 0.3 is 11.7 Å². The Morgan fingerprint density at radius 2 is 2.30 bits per heavy atom. The van der Waals surface area contributed by atoms with E-state index in [1.807, 2.05) is 11.5 Å². The molecule has 0 amide bonds. The van der Waals surface area contributed by atoms with E-state index in [0.29, 0.717) is 0 Å². The van der Waals surface area contributed by atoms with E-state index in [9.17, 15) is 14.9 Å². The normalized spacial score (nSPS) is 10.7. The first kappa shape index (κ1) is 13.7. The van der Waals surface area contributed by atoms with Crippen molar-refractivity contribution in [2.75, 3.05) is 0 Å². The molecule has 2 aromatic heterocycles. The van der Waals surface area contributed by atoms with Crippen molar-refractivity contribution < 1.29 is 14.8 Å². The van der Waals surface area contributed by atoms with Crippen molar-refractivity contribution in [1.82, 2.24) is 19.3 Å². The van der Waals surface area contributed by atoms with E-state index in [2.05, 4.69) is 10.1 Å². The number of aromatic carboxylic acids is 1. The highest BCUT2D eigenvalue weighted by atomic mass is 16.6. The summed E-state index contributed by atoms with van der Waals surface area (Å²) in [5, 5.41) is 23.4. The lowest BCUT2D eigenvalue weighted by Gasteiger charge is -2.05. The minimum atomic E-state index is -1.42. The van der Waals surface area contributed by atoms with Crippen molar-refractivity contribution >= 4 is 11.7 Å². The Labute approximate surface area is 113 Å². The van der Waals surface area contributed by atoms with Gasteiger partial charge in [-0.05, 0) is 6.42 Å². The topological polar surface area (TPSA) is 116 Å². The molecule has 0 aromatic carbocycles. The molecule has 0 saturated heterocycles. The molecular formula is C11H13N5O4. The van der Waals surface area contributed by atoms with E-state index in [4.69, 9.17) is 5.11 Å². The lowest BCUT2D eigenvalue weighted by atomic mass is 10.4. The number of carboxylic acids is 1. The Balaban J connectivity index is 2.30. The molecule has 2 rings (SSSR count). The SMILES string of the molecule is CCCn1cncc1Cn1cc([N+](=O)[O-])c(C(=O)O)n1. The highest BCUT2D eigenvalue weighted by Crippen LogP contribution is 2.17. The van der Waals surface area contributed by atoms with Crippen LogP contribution >= 0.6 is 0 Å². The quantitative estimate of drug-likeness (QED) is 0.626. The number of hydrogen-bond donors (Lipinski definition) is 1. The van der Waals surface area contributed by atoms with Gasteiger partial charge in [-0.15, -0.1) is 0 Å². The van der Waals surface area contributed by atoms with Gasteiger partial charge in [0.05, 0.1) is 29.7 Å². The van der Waals surface area contributed by atoms with Gasteiger partial charge in [0, 0.05) is 6.54 Å². The Bertz CT molecular complexity index is 614. The standard InChI is InChI=1S/C11H13N5O4/c1-2-3-14-7-12-4-8(14)5-15-6-9(16(19)20)10(13-15)11(17)18/h4,6-7H,2-3,5H2,1H3,(H,17,18). The summed E-state index contributed by atoms with van der Waals surface area (Å²) in [5.41, 5.74) is -0.267. The van der Waals surface area contributed by atoms with E-state index >= 15 is 0 Å². The lowest BCUT2D eigenvalue weighted by Crippen LogP contribution is -2.08. The molecule has 2 heterocycles. The second kappa shape index (κ2) is 5.51. The number of carboxylic acid groups (broad SMARTS) is 1. The second-order valence-corrected chi connectivity index (χ2v) is 4.20. The number of carbonyl (C=O) groups is 1. The van der Waals surface area contributed by atoms with E-state index in [-0.39, 0.29) is 6.54 Å². The Hall–Kier alpha value is -2.71. The number of rotatable bonds is 6. The number of aryl methyl sites for hydroxylation is 1. The minimum Gasteiger partial charge on any atom is -0.476 e. The Morgan fingerprint density at radius 3 is 2.85 bits per heavy atom. The van der Waals surface area contributed by atoms with Gasteiger partial charge in [-0.25, -0.2) is 9.78 Å². The number of aromatic nitrogens is 4. The fourth-order valence-corrected chi connectivity index (χ4v) is 1.87. The molecule has 1 N–H and O–H groups in total. The van der Waals surface area contributed by atoms with Crippen molar-refractivity contribution in [3.8, 4) is 0 Å². The number of imidazole rings is 1. The molecule has 0 aliphatic rings. The summed E-state index contributed by atoms with van der Waals surface area (Å²) in [5.74, 6) is -1.42. The molecule has 0 fully saturated rings. The van der Waals surface area contributed by atoms with E-state index in [1.165, 1.54) is 4.68 Å². The van der Waals surface area contributed by atoms with Crippen molar-refractivity contribution in [3.63, 3.8) is 0 Å². The molecule has 20 heavy (non-hydrogen) atoms. The summed E-state index contributed by atoms with van der Waals surface area (Å²) in [7, 11) is 0. The van der Waals surface area contributed by atoms with Crippen LogP contribution in [-0.4, -0.2) is 35.3 Å². The smallest absolute Gasteiger partial charge is 0.363 e. The van der Waals surface area contributed by atoms with Crippen molar-refractivity contribution in [2.45, 2.75) is 26.4 Å². The zero-order valence-electron chi connectivity index (χ0n) is 10.8. The predicted molar refractivity (Wildman–Crippen MR) is 67.5 cm³/mol. The molecule has 0 aliphatic carbocycles. The highest BCUT2D eigenvalue weighted by Gasteiger charge is 2.25. The van der Waals surface area contributed by atoms with Crippen molar-refractivity contribution in [2.24, 2.45) is 0 Å². The maximum Gasteiger partial charge on any atom is 0.363 e. The fourth-order valence-electron chi connectivity index (χ4n) is 1.87. The number of nitrogens with zero attached hydrogens (tertiary/aromatic N) is 5. The van der Waals surface area contributed by atoms with Gasteiger partial charge in [0.1, 0.15) is 6.20 Å². The van der Waals surface area contributed by atoms with E-state index in [0.717, 1.165) is 24.9 Å². The van der Waals surface area contributed by atoms with Crippen LogP contribution in [0.1, 0.15) is 29.5 Å². The minimum absolute atomic E-state index is 0.230. The molecule has 2 aromatic rings. The molecule has 9 heteroatoms. The van der Waals surface area contributed by atoms with Gasteiger partial charge in [-0.1, -0.05) is 6.92 Å². The van der Waals surface area contributed by atoms with Crippen LogP contribution in [0.3, 0.4) is 0 Å². The van der Waals surface area contributed by atoms with Crippen LogP contribution in [0.4, 0.5) is 5.69 Å². The number of hydrogen-bond acceptors (Lipinski definition) is 5.